The molecule has 0 atom stereocenters. The van der Waals surface area contributed by atoms with Crippen molar-refractivity contribution >= 4 is 23.1 Å². The molecule has 158 valence electrons. The van der Waals surface area contributed by atoms with Gasteiger partial charge in [-0.25, -0.2) is 9.97 Å². The number of nitrogens with zero attached hydrogens (tertiary/aromatic N) is 3. The number of para-hydroxylation sites is 1. The first-order valence-corrected chi connectivity index (χ1v) is 8.79. The lowest BCUT2D eigenvalue weighted by Gasteiger charge is -2.10. The Hall–Kier alpha value is -4.28. The van der Waals surface area contributed by atoms with Gasteiger partial charge in [-0.05, 0) is 36.4 Å². The van der Waals surface area contributed by atoms with Crippen molar-refractivity contribution in [3.63, 3.8) is 0 Å². The summed E-state index contributed by atoms with van der Waals surface area (Å²) < 4.78 is 42.2. The van der Waals surface area contributed by atoms with Crippen molar-refractivity contribution < 1.29 is 27.8 Å². The fourth-order valence-corrected chi connectivity index (χ4v) is 2.93. The maximum atomic E-state index is 12.3. The van der Waals surface area contributed by atoms with Crippen LogP contribution in [-0.2, 0) is 0 Å². The molecule has 4 N–H and O–H groups in total. The molecule has 0 aliphatic heterocycles. The van der Waals surface area contributed by atoms with Gasteiger partial charge in [0, 0.05) is 23.5 Å². The van der Waals surface area contributed by atoms with E-state index in [0.29, 0.717) is 28.4 Å². The molecule has 0 radical (unpaired) electrons. The molecule has 0 bridgehead atoms. The highest BCUT2D eigenvalue weighted by Gasteiger charge is 2.30. The number of aromatic hydroxyl groups is 1. The topological polar surface area (TPSA) is 115 Å². The van der Waals surface area contributed by atoms with E-state index in [4.69, 9.17) is 5.73 Å². The van der Waals surface area contributed by atoms with E-state index in [-0.39, 0.29) is 17.1 Å². The number of ether oxygens (including phenoxy) is 1. The summed E-state index contributed by atoms with van der Waals surface area (Å²) in [5.74, 6) is -0.976. The maximum absolute atomic E-state index is 12.3. The van der Waals surface area contributed by atoms with Crippen molar-refractivity contribution in [1.29, 1.82) is 0 Å². The number of alkyl halides is 3. The van der Waals surface area contributed by atoms with Crippen LogP contribution in [0, 0.1) is 0 Å². The first-order chi connectivity index (χ1) is 14.7. The summed E-state index contributed by atoms with van der Waals surface area (Å²) in [6.45, 7) is 0. The Morgan fingerprint density at radius 2 is 1.90 bits per heavy atom. The zero-order valence-corrected chi connectivity index (χ0v) is 15.6. The summed E-state index contributed by atoms with van der Waals surface area (Å²) in [6.07, 6.45) is -1.66. The number of hydrogen-bond acceptors (Lipinski definition) is 6. The molecule has 2 heterocycles. The minimum atomic E-state index is -4.76. The molecule has 8 nitrogen and oxygen atoms in total. The molecule has 0 fully saturated rings. The van der Waals surface area contributed by atoms with Gasteiger partial charge in [-0.15, -0.1) is 13.2 Å². The van der Waals surface area contributed by atoms with Gasteiger partial charge in [0.1, 0.15) is 29.3 Å². The summed E-state index contributed by atoms with van der Waals surface area (Å²) in [4.78, 5) is 20.1. The number of nitrogens with two attached hydrogens (primary N) is 1. The van der Waals surface area contributed by atoms with E-state index >= 15 is 0 Å². The number of rotatable bonds is 5. The number of nitrogens with one attached hydrogen (secondary N) is 1. The average molecular weight is 429 g/mol. The highest BCUT2D eigenvalue weighted by Crippen LogP contribution is 2.32. The molecular weight excluding hydrogens is 415 g/mol. The Bertz CT molecular complexity index is 1270. The van der Waals surface area contributed by atoms with E-state index in [2.05, 4.69) is 20.0 Å². The molecule has 4 rings (SSSR count). The monoisotopic (exact) mass is 429 g/mol. The highest BCUT2D eigenvalue weighted by molar-refractivity contribution is 5.97. The summed E-state index contributed by atoms with van der Waals surface area (Å²) in [5.41, 5.74) is 6.94. The fraction of sp³-hybridized carbons (Fsp3) is 0.0500. The maximum Gasteiger partial charge on any atom is 0.573 e. The second kappa shape index (κ2) is 7.52. The number of amides is 1. The Morgan fingerprint density at radius 3 is 2.58 bits per heavy atom. The van der Waals surface area contributed by atoms with Gasteiger partial charge in [-0.1, -0.05) is 6.07 Å². The lowest BCUT2D eigenvalue weighted by molar-refractivity contribution is -0.274. The third-order valence-corrected chi connectivity index (χ3v) is 4.29. The highest BCUT2D eigenvalue weighted by atomic mass is 19.4. The predicted molar refractivity (Wildman–Crippen MR) is 105 cm³/mol. The number of primary amides is 1. The molecule has 0 saturated heterocycles. The molecule has 0 unspecified atom stereocenters. The van der Waals surface area contributed by atoms with Gasteiger partial charge in [0.05, 0.1) is 11.3 Å². The fourth-order valence-electron chi connectivity index (χ4n) is 2.93. The van der Waals surface area contributed by atoms with Gasteiger partial charge in [0.2, 0.25) is 0 Å². The van der Waals surface area contributed by atoms with Crippen LogP contribution in [0.2, 0.25) is 0 Å². The second-order valence-corrected chi connectivity index (χ2v) is 6.43. The molecule has 4 aromatic rings. The number of anilines is 2. The van der Waals surface area contributed by atoms with Gasteiger partial charge < -0.3 is 20.9 Å². The second-order valence-electron chi connectivity index (χ2n) is 6.43. The number of phenols is 1. The van der Waals surface area contributed by atoms with Crippen molar-refractivity contribution in [2.45, 2.75) is 6.36 Å². The molecule has 0 aliphatic carbocycles. The zero-order valence-electron chi connectivity index (χ0n) is 15.6. The number of carbonyl (C=O) groups is 1. The first-order valence-electron chi connectivity index (χ1n) is 8.79. The van der Waals surface area contributed by atoms with Gasteiger partial charge in [0.15, 0.2) is 0 Å². The number of halogens is 3. The van der Waals surface area contributed by atoms with Crippen molar-refractivity contribution in [3.8, 4) is 22.8 Å². The van der Waals surface area contributed by atoms with Crippen LogP contribution < -0.4 is 15.8 Å². The van der Waals surface area contributed by atoms with Crippen molar-refractivity contribution in [3.05, 3.63) is 66.6 Å². The van der Waals surface area contributed by atoms with Gasteiger partial charge in [-0.2, -0.15) is 0 Å². The van der Waals surface area contributed by atoms with E-state index in [1.807, 2.05) is 0 Å². The van der Waals surface area contributed by atoms with E-state index in [1.165, 1.54) is 36.7 Å². The number of aromatic nitrogens is 3. The first kappa shape index (κ1) is 20.0. The molecule has 11 heteroatoms. The van der Waals surface area contributed by atoms with Crippen LogP contribution >= 0.6 is 0 Å². The Kier molecular flexibility index (Phi) is 4.85. The van der Waals surface area contributed by atoms with Gasteiger partial charge >= 0.3 is 6.36 Å². The van der Waals surface area contributed by atoms with Gasteiger partial charge in [0.25, 0.3) is 5.91 Å². The van der Waals surface area contributed by atoms with Crippen LogP contribution in [0.5, 0.6) is 11.5 Å². The molecule has 1 amide bonds. The Labute approximate surface area is 172 Å². The third-order valence-electron chi connectivity index (χ3n) is 4.29. The summed E-state index contributed by atoms with van der Waals surface area (Å²) in [6, 6.07) is 11.4. The van der Waals surface area contributed by atoms with E-state index in [1.54, 1.807) is 28.8 Å². The van der Waals surface area contributed by atoms with Crippen LogP contribution in [0.4, 0.5) is 24.7 Å². The van der Waals surface area contributed by atoms with Crippen LogP contribution in [-0.4, -0.2) is 31.7 Å². The summed E-state index contributed by atoms with van der Waals surface area (Å²) >= 11 is 0. The number of hydrogen-bond donors (Lipinski definition) is 3. The lowest BCUT2D eigenvalue weighted by atomic mass is 10.1. The third kappa shape index (κ3) is 4.34. The minimum Gasteiger partial charge on any atom is -0.506 e. The van der Waals surface area contributed by atoms with Crippen LogP contribution in [0.1, 0.15) is 10.4 Å². The number of carbonyl (C=O) groups excluding carboxylic acids is 1. The predicted octanol–water partition coefficient (Wildman–Crippen LogP) is 3.84. The standard InChI is InChI=1S/C20H14F3N5O3/c21-20(22,23)31-12-6-4-11(5-7-12)26-16-8-17-27-15(9-28(17)10-25-16)13-2-1-3-14(18(13)29)19(24)30/h1-10,26,29H,(H2,24,30). The smallest absolute Gasteiger partial charge is 0.506 e. The van der Waals surface area contributed by atoms with Crippen LogP contribution in [0.3, 0.4) is 0 Å². The molecule has 0 aliphatic rings. The Balaban J connectivity index is 1.59. The van der Waals surface area contributed by atoms with E-state index in [0.717, 1.165) is 0 Å². The summed E-state index contributed by atoms with van der Waals surface area (Å²) in [7, 11) is 0. The van der Waals surface area contributed by atoms with E-state index in [9.17, 15) is 23.1 Å². The Morgan fingerprint density at radius 1 is 1.16 bits per heavy atom. The number of benzene rings is 2. The average Bonchev–Trinajstić information content (AvgIpc) is 3.11. The van der Waals surface area contributed by atoms with Gasteiger partial charge in [-0.3, -0.25) is 9.20 Å². The molecule has 2 aromatic carbocycles. The van der Waals surface area contributed by atoms with Crippen molar-refractivity contribution in [1.82, 2.24) is 14.4 Å². The molecule has 2 aromatic heterocycles. The largest absolute Gasteiger partial charge is 0.573 e. The normalized spacial score (nSPS) is 11.5. The summed E-state index contributed by atoms with van der Waals surface area (Å²) in [5, 5.41) is 13.3. The number of fused-ring (bicyclic) bond motifs is 1. The lowest BCUT2D eigenvalue weighted by Crippen LogP contribution is -2.16. The molecule has 0 saturated carbocycles. The van der Waals surface area contributed by atoms with E-state index < -0.39 is 12.3 Å². The zero-order chi connectivity index (χ0) is 22.2. The van der Waals surface area contributed by atoms with Crippen molar-refractivity contribution in [2.24, 2.45) is 5.73 Å². The number of imidazole rings is 1. The van der Waals surface area contributed by atoms with Crippen LogP contribution in [0.25, 0.3) is 16.9 Å². The SMILES string of the molecule is NC(=O)c1cccc(-c2cn3cnc(Nc4ccc(OC(F)(F)F)cc4)cc3n2)c1O. The quantitative estimate of drug-likeness (QED) is 0.444. The molecule has 0 spiro atoms. The molecular formula is C20H14F3N5O3. The van der Waals surface area contributed by atoms with Crippen molar-refractivity contribution in [2.75, 3.05) is 5.32 Å². The van der Waals surface area contributed by atoms with Crippen LogP contribution in [0.15, 0.2) is 61.1 Å². The molecule has 31 heavy (non-hydrogen) atoms. The minimum absolute atomic E-state index is 0.0204.